The molecule has 1 aliphatic heterocycles. The SMILES string of the molecule is CC(C)[C@H]1OCCC[C@H]1C(=O)N(C)c1ccccn1. The Labute approximate surface area is 114 Å². The molecule has 19 heavy (non-hydrogen) atoms. The van der Waals surface area contributed by atoms with Crippen molar-refractivity contribution in [1.29, 1.82) is 0 Å². The number of nitrogens with zero attached hydrogens (tertiary/aromatic N) is 2. The van der Waals surface area contributed by atoms with Crippen molar-refractivity contribution in [2.75, 3.05) is 18.6 Å². The summed E-state index contributed by atoms with van der Waals surface area (Å²) >= 11 is 0. The first-order valence-corrected chi connectivity index (χ1v) is 6.91. The Balaban J connectivity index is 2.13. The number of ether oxygens (including phenoxy) is 1. The van der Waals surface area contributed by atoms with Crippen LogP contribution in [0.25, 0.3) is 0 Å². The second kappa shape index (κ2) is 6.15. The second-order valence-electron chi connectivity index (χ2n) is 5.41. The van der Waals surface area contributed by atoms with E-state index in [1.54, 1.807) is 18.1 Å². The van der Waals surface area contributed by atoms with Crippen molar-refractivity contribution in [2.24, 2.45) is 11.8 Å². The number of hydrogen-bond acceptors (Lipinski definition) is 3. The van der Waals surface area contributed by atoms with Gasteiger partial charge in [-0.1, -0.05) is 19.9 Å². The van der Waals surface area contributed by atoms with Gasteiger partial charge in [-0.05, 0) is 30.9 Å². The summed E-state index contributed by atoms with van der Waals surface area (Å²) in [5, 5.41) is 0. The lowest BCUT2D eigenvalue weighted by Gasteiger charge is -2.35. The van der Waals surface area contributed by atoms with Gasteiger partial charge in [-0.15, -0.1) is 0 Å². The third-order valence-corrected chi connectivity index (χ3v) is 3.66. The van der Waals surface area contributed by atoms with Crippen LogP contribution < -0.4 is 4.90 Å². The molecule has 0 spiro atoms. The molecule has 0 aromatic carbocycles. The number of pyridine rings is 1. The maximum Gasteiger partial charge on any atom is 0.233 e. The van der Waals surface area contributed by atoms with E-state index in [2.05, 4.69) is 18.8 Å². The molecule has 0 bridgehead atoms. The molecule has 0 unspecified atom stereocenters. The Kier molecular flexibility index (Phi) is 4.53. The van der Waals surface area contributed by atoms with Crippen LogP contribution in [-0.2, 0) is 9.53 Å². The first kappa shape index (κ1) is 14.0. The van der Waals surface area contributed by atoms with Gasteiger partial charge < -0.3 is 4.74 Å². The van der Waals surface area contributed by atoms with E-state index in [1.807, 2.05) is 18.2 Å². The highest BCUT2D eigenvalue weighted by atomic mass is 16.5. The number of anilines is 1. The van der Waals surface area contributed by atoms with Crippen LogP contribution in [0.15, 0.2) is 24.4 Å². The zero-order chi connectivity index (χ0) is 13.8. The standard InChI is InChI=1S/C15H22N2O2/c1-11(2)14-12(7-6-10-19-14)15(18)17(3)13-8-4-5-9-16-13/h4-5,8-9,11-12,14H,6-7,10H2,1-3H3/t12-,14-/m1/s1. The molecule has 2 rings (SSSR count). The van der Waals surface area contributed by atoms with Crippen molar-refractivity contribution >= 4 is 11.7 Å². The van der Waals surface area contributed by atoms with Crippen LogP contribution in [0.2, 0.25) is 0 Å². The summed E-state index contributed by atoms with van der Waals surface area (Å²) < 4.78 is 5.79. The smallest absolute Gasteiger partial charge is 0.233 e. The summed E-state index contributed by atoms with van der Waals surface area (Å²) in [6, 6.07) is 5.60. The first-order chi connectivity index (χ1) is 9.11. The molecule has 0 radical (unpaired) electrons. The van der Waals surface area contributed by atoms with Gasteiger partial charge in [0.2, 0.25) is 5.91 Å². The van der Waals surface area contributed by atoms with Gasteiger partial charge in [0.05, 0.1) is 12.0 Å². The largest absolute Gasteiger partial charge is 0.377 e. The van der Waals surface area contributed by atoms with Crippen molar-refractivity contribution < 1.29 is 9.53 Å². The third-order valence-electron chi connectivity index (χ3n) is 3.66. The summed E-state index contributed by atoms with van der Waals surface area (Å²) in [6.45, 7) is 4.98. The van der Waals surface area contributed by atoms with Crippen LogP contribution >= 0.6 is 0 Å². The van der Waals surface area contributed by atoms with Crippen LogP contribution in [0.3, 0.4) is 0 Å². The van der Waals surface area contributed by atoms with Crippen molar-refractivity contribution in [3.8, 4) is 0 Å². The van der Waals surface area contributed by atoms with Gasteiger partial charge in [0, 0.05) is 19.9 Å². The average molecular weight is 262 g/mol. The highest BCUT2D eigenvalue weighted by molar-refractivity contribution is 5.94. The number of hydrogen-bond donors (Lipinski definition) is 0. The van der Waals surface area contributed by atoms with E-state index < -0.39 is 0 Å². The van der Waals surface area contributed by atoms with Crippen molar-refractivity contribution in [3.05, 3.63) is 24.4 Å². The molecule has 1 aromatic rings. The molecule has 2 heterocycles. The first-order valence-electron chi connectivity index (χ1n) is 6.91. The molecule has 2 atom stereocenters. The maximum absolute atomic E-state index is 12.6. The quantitative estimate of drug-likeness (QED) is 0.840. The van der Waals surface area contributed by atoms with Gasteiger partial charge in [0.15, 0.2) is 0 Å². The van der Waals surface area contributed by atoms with Crippen LogP contribution in [0.4, 0.5) is 5.82 Å². The molecule has 4 heteroatoms. The molecule has 1 fully saturated rings. The summed E-state index contributed by atoms with van der Waals surface area (Å²) in [5.41, 5.74) is 0. The Bertz CT molecular complexity index is 419. The predicted octanol–water partition coefficient (Wildman–Crippen LogP) is 2.50. The summed E-state index contributed by atoms with van der Waals surface area (Å²) in [4.78, 5) is 18.5. The summed E-state index contributed by atoms with van der Waals surface area (Å²) in [6.07, 6.45) is 3.58. The Morgan fingerprint density at radius 3 is 2.89 bits per heavy atom. The third kappa shape index (κ3) is 3.13. The lowest BCUT2D eigenvalue weighted by atomic mass is 9.86. The molecule has 0 saturated carbocycles. The number of amides is 1. The van der Waals surface area contributed by atoms with Crippen LogP contribution in [-0.4, -0.2) is 30.6 Å². The molecule has 0 aliphatic carbocycles. The molecule has 1 aliphatic rings. The topological polar surface area (TPSA) is 42.4 Å². The number of rotatable bonds is 3. The number of carbonyl (C=O) groups is 1. The second-order valence-corrected chi connectivity index (χ2v) is 5.41. The van der Waals surface area contributed by atoms with Crippen LogP contribution in [0, 0.1) is 11.8 Å². The number of carbonyl (C=O) groups excluding carboxylic acids is 1. The minimum Gasteiger partial charge on any atom is -0.377 e. The van der Waals surface area contributed by atoms with Gasteiger partial charge in [-0.2, -0.15) is 0 Å². The highest BCUT2D eigenvalue weighted by Crippen LogP contribution is 2.28. The van der Waals surface area contributed by atoms with E-state index in [4.69, 9.17) is 4.74 Å². The fourth-order valence-corrected chi connectivity index (χ4v) is 2.64. The molecular formula is C15H22N2O2. The Morgan fingerprint density at radius 2 is 2.26 bits per heavy atom. The summed E-state index contributed by atoms with van der Waals surface area (Å²) in [5.74, 6) is 1.10. The van der Waals surface area contributed by atoms with Crippen molar-refractivity contribution in [1.82, 2.24) is 4.98 Å². The molecule has 1 aromatic heterocycles. The van der Waals surface area contributed by atoms with E-state index in [0.717, 1.165) is 19.4 Å². The zero-order valence-corrected chi connectivity index (χ0v) is 11.9. The molecule has 1 amide bonds. The lowest BCUT2D eigenvalue weighted by molar-refractivity contribution is -0.134. The Morgan fingerprint density at radius 1 is 1.47 bits per heavy atom. The monoisotopic (exact) mass is 262 g/mol. The van der Waals surface area contributed by atoms with E-state index in [0.29, 0.717) is 11.7 Å². The van der Waals surface area contributed by atoms with E-state index in [1.165, 1.54) is 0 Å². The molecular weight excluding hydrogens is 240 g/mol. The van der Waals surface area contributed by atoms with E-state index in [-0.39, 0.29) is 17.9 Å². The maximum atomic E-state index is 12.6. The molecule has 104 valence electrons. The van der Waals surface area contributed by atoms with Crippen LogP contribution in [0.5, 0.6) is 0 Å². The normalized spacial score (nSPS) is 23.4. The van der Waals surface area contributed by atoms with Gasteiger partial charge in [0.25, 0.3) is 0 Å². The minimum atomic E-state index is -0.0549. The summed E-state index contributed by atoms with van der Waals surface area (Å²) in [7, 11) is 1.79. The number of aromatic nitrogens is 1. The zero-order valence-electron chi connectivity index (χ0n) is 11.9. The average Bonchev–Trinajstić information content (AvgIpc) is 2.46. The minimum absolute atomic E-state index is 0.0208. The fraction of sp³-hybridized carbons (Fsp3) is 0.600. The molecule has 0 N–H and O–H groups in total. The van der Waals surface area contributed by atoms with Gasteiger partial charge in [0.1, 0.15) is 5.82 Å². The van der Waals surface area contributed by atoms with E-state index >= 15 is 0 Å². The van der Waals surface area contributed by atoms with Gasteiger partial charge in [-0.3, -0.25) is 9.69 Å². The molecule has 4 nitrogen and oxygen atoms in total. The van der Waals surface area contributed by atoms with Crippen molar-refractivity contribution in [3.63, 3.8) is 0 Å². The van der Waals surface area contributed by atoms with E-state index in [9.17, 15) is 4.79 Å². The van der Waals surface area contributed by atoms with Crippen molar-refractivity contribution in [2.45, 2.75) is 32.8 Å². The molecule has 1 saturated heterocycles. The van der Waals surface area contributed by atoms with Crippen LogP contribution in [0.1, 0.15) is 26.7 Å². The van der Waals surface area contributed by atoms with Gasteiger partial charge in [-0.25, -0.2) is 4.98 Å². The highest BCUT2D eigenvalue weighted by Gasteiger charge is 2.35. The Hall–Kier alpha value is -1.42. The fourth-order valence-electron chi connectivity index (χ4n) is 2.64. The predicted molar refractivity (Wildman–Crippen MR) is 74.9 cm³/mol. The lowest BCUT2D eigenvalue weighted by Crippen LogP contribution is -2.44. The van der Waals surface area contributed by atoms with Gasteiger partial charge >= 0.3 is 0 Å².